The molecule has 5 nitrogen and oxygen atoms in total. The predicted octanol–water partition coefficient (Wildman–Crippen LogP) is 5.43. The first-order valence-electron chi connectivity index (χ1n) is 10.6. The lowest BCUT2D eigenvalue weighted by atomic mass is 9.97. The van der Waals surface area contributed by atoms with E-state index in [1.54, 1.807) is 18.2 Å². The highest BCUT2D eigenvalue weighted by Crippen LogP contribution is 2.29. The molecule has 2 aromatic carbocycles. The van der Waals surface area contributed by atoms with E-state index in [2.05, 4.69) is 6.92 Å². The summed E-state index contributed by atoms with van der Waals surface area (Å²) in [5, 5.41) is 20.6. The number of aromatic carboxylic acids is 1. The Bertz CT molecular complexity index is 1230. The number of carbonyl (C=O) groups is 1. The largest absolute Gasteiger partial charge is 0.478 e. The van der Waals surface area contributed by atoms with E-state index in [9.17, 15) is 15.0 Å². The molecule has 2 aromatic heterocycles. The average Bonchev–Trinajstić information content (AvgIpc) is 3.19. The molecule has 0 saturated heterocycles. The van der Waals surface area contributed by atoms with Crippen molar-refractivity contribution in [1.82, 2.24) is 9.38 Å². The fourth-order valence-electron chi connectivity index (χ4n) is 3.93. The van der Waals surface area contributed by atoms with Gasteiger partial charge in [-0.2, -0.15) is 0 Å². The lowest BCUT2D eigenvalue weighted by molar-refractivity contribution is 0.0697. The number of hydrogen-bond donors (Lipinski definition) is 2. The molecule has 0 fully saturated rings. The van der Waals surface area contributed by atoms with Crippen molar-refractivity contribution < 1.29 is 15.0 Å². The predicted molar refractivity (Wildman–Crippen MR) is 121 cm³/mol. The number of pyridine rings is 1. The summed E-state index contributed by atoms with van der Waals surface area (Å²) < 4.78 is 1.97. The molecule has 2 heterocycles. The Morgan fingerprint density at radius 1 is 1.10 bits per heavy atom. The van der Waals surface area contributed by atoms with Gasteiger partial charge in [-0.15, -0.1) is 0 Å². The minimum atomic E-state index is -0.958. The highest BCUT2D eigenvalue weighted by molar-refractivity contribution is 5.96. The van der Waals surface area contributed by atoms with Gasteiger partial charge in [-0.1, -0.05) is 55.8 Å². The van der Waals surface area contributed by atoms with Gasteiger partial charge in [-0.05, 0) is 60.2 Å². The van der Waals surface area contributed by atoms with Crippen LogP contribution in [0.3, 0.4) is 0 Å². The molecule has 0 aliphatic rings. The first kappa shape index (κ1) is 20.8. The molecule has 0 bridgehead atoms. The van der Waals surface area contributed by atoms with Gasteiger partial charge < -0.3 is 14.6 Å². The standard InChI is InChI=1S/C26H26N2O3/c1-3-4-7-20-16-28-23(14-17(2)15-24(28)27-20)25(29)19-12-10-18(11-13-19)21-8-5-6-9-22(21)26(30)31/h5-6,8-16,25,29H,3-4,7H2,1-2H3,(H,30,31)/t25-/m1/s1. The van der Waals surface area contributed by atoms with Crippen LogP contribution >= 0.6 is 0 Å². The maximum atomic E-state index is 11.5. The summed E-state index contributed by atoms with van der Waals surface area (Å²) in [5.41, 5.74) is 6.14. The van der Waals surface area contributed by atoms with E-state index in [0.29, 0.717) is 5.56 Å². The van der Waals surface area contributed by atoms with Gasteiger partial charge >= 0.3 is 5.97 Å². The van der Waals surface area contributed by atoms with Crippen LogP contribution in [0.1, 0.15) is 58.7 Å². The maximum absolute atomic E-state index is 11.5. The zero-order chi connectivity index (χ0) is 22.0. The summed E-state index contributed by atoms with van der Waals surface area (Å²) in [6.45, 7) is 4.16. The van der Waals surface area contributed by atoms with Crippen LogP contribution < -0.4 is 0 Å². The van der Waals surface area contributed by atoms with Crippen LogP contribution in [-0.4, -0.2) is 25.6 Å². The van der Waals surface area contributed by atoms with Crippen molar-refractivity contribution in [2.24, 2.45) is 0 Å². The van der Waals surface area contributed by atoms with Crippen molar-refractivity contribution in [3.8, 4) is 11.1 Å². The number of aliphatic hydroxyl groups excluding tert-OH is 1. The topological polar surface area (TPSA) is 74.8 Å². The van der Waals surface area contributed by atoms with Crippen molar-refractivity contribution in [2.45, 2.75) is 39.2 Å². The zero-order valence-electron chi connectivity index (χ0n) is 17.7. The van der Waals surface area contributed by atoms with Gasteiger partial charge in [0.2, 0.25) is 0 Å². The smallest absolute Gasteiger partial charge is 0.336 e. The first-order chi connectivity index (χ1) is 15.0. The number of aromatic nitrogens is 2. The van der Waals surface area contributed by atoms with Crippen LogP contribution in [0.2, 0.25) is 0 Å². The molecule has 4 rings (SSSR count). The van der Waals surface area contributed by atoms with E-state index in [1.165, 1.54) is 0 Å². The number of rotatable bonds is 7. The van der Waals surface area contributed by atoms with Gasteiger partial charge in [0.05, 0.1) is 17.0 Å². The second-order valence-electron chi connectivity index (χ2n) is 7.90. The van der Waals surface area contributed by atoms with E-state index in [0.717, 1.165) is 53.0 Å². The molecule has 0 aliphatic carbocycles. The first-order valence-corrected chi connectivity index (χ1v) is 10.6. The molecule has 31 heavy (non-hydrogen) atoms. The Labute approximate surface area is 181 Å². The van der Waals surface area contributed by atoms with E-state index in [1.807, 2.05) is 60.0 Å². The van der Waals surface area contributed by atoms with E-state index in [-0.39, 0.29) is 5.56 Å². The Hall–Kier alpha value is -3.44. The number of carboxylic acids is 1. The molecule has 5 heteroatoms. The average molecular weight is 415 g/mol. The van der Waals surface area contributed by atoms with Gasteiger partial charge in [-0.3, -0.25) is 0 Å². The molecular formula is C26H26N2O3. The number of imidazole rings is 1. The van der Waals surface area contributed by atoms with Crippen LogP contribution in [0, 0.1) is 6.92 Å². The highest BCUT2D eigenvalue weighted by atomic mass is 16.4. The van der Waals surface area contributed by atoms with Crippen molar-refractivity contribution >= 4 is 11.6 Å². The SMILES string of the molecule is CCCCc1cn2c([C@H](O)c3ccc(-c4ccccc4C(=O)O)cc3)cc(C)cc2n1. The molecule has 0 spiro atoms. The third-order valence-corrected chi connectivity index (χ3v) is 5.56. The van der Waals surface area contributed by atoms with Crippen LogP contribution in [0.5, 0.6) is 0 Å². The molecular weight excluding hydrogens is 388 g/mol. The molecule has 0 aliphatic heterocycles. The number of aliphatic hydroxyl groups is 1. The Kier molecular flexibility index (Phi) is 5.87. The second-order valence-corrected chi connectivity index (χ2v) is 7.90. The third kappa shape index (κ3) is 4.23. The van der Waals surface area contributed by atoms with Crippen molar-refractivity contribution in [3.05, 3.63) is 94.9 Å². The Morgan fingerprint density at radius 3 is 2.55 bits per heavy atom. The Balaban J connectivity index is 1.69. The number of nitrogens with zero attached hydrogens (tertiary/aromatic N) is 2. The van der Waals surface area contributed by atoms with Crippen molar-refractivity contribution in [3.63, 3.8) is 0 Å². The summed E-state index contributed by atoms with van der Waals surface area (Å²) in [6, 6.07) is 18.3. The number of unbranched alkanes of at least 4 members (excludes halogenated alkanes) is 1. The van der Waals surface area contributed by atoms with Crippen LogP contribution in [0.25, 0.3) is 16.8 Å². The number of carboxylic acid groups (broad SMARTS) is 1. The molecule has 1 atom stereocenters. The monoisotopic (exact) mass is 414 g/mol. The number of benzene rings is 2. The van der Waals surface area contributed by atoms with Gasteiger partial charge in [0.15, 0.2) is 0 Å². The van der Waals surface area contributed by atoms with E-state index >= 15 is 0 Å². The summed E-state index contributed by atoms with van der Waals surface area (Å²) in [5.74, 6) is -0.958. The maximum Gasteiger partial charge on any atom is 0.336 e. The van der Waals surface area contributed by atoms with Crippen LogP contribution in [0.4, 0.5) is 0 Å². The molecule has 0 radical (unpaired) electrons. The molecule has 158 valence electrons. The molecule has 4 aromatic rings. The Morgan fingerprint density at radius 2 is 1.84 bits per heavy atom. The fraction of sp³-hybridized carbons (Fsp3) is 0.231. The molecule has 0 unspecified atom stereocenters. The highest BCUT2D eigenvalue weighted by Gasteiger charge is 2.17. The van der Waals surface area contributed by atoms with E-state index < -0.39 is 12.1 Å². The summed E-state index contributed by atoms with van der Waals surface area (Å²) in [4.78, 5) is 16.3. The summed E-state index contributed by atoms with van der Waals surface area (Å²) >= 11 is 0. The third-order valence-electron chi connectivity index (χ3n) is 5.56. The van der Waals surface area contributed by atoms with Crippen molar-refractivity contribution in [2.75, 3.05) is 0 Å². The minimum absolute atomic E-state index is 0.259. The van der Waals surface area contributed by atoms with Gasteiger partial charge in [0.1, 0.15) is 11.8 Å². The molecule has 0 saturated carbocycles. The minimum Gasteiger partial charge on any atom is -0.478 e. The fourth-order valence-corrected chi connectivity index (χ4v) is 3.93. The normalized spacial score (nSPS) is 12.2. The van der Waals surface area contributed by atoms with Gasteiger partial charge in [-0.25, -0.2) is 9.78 Å². The van der Waals surface area contributed by atoms with Crippen LogP contribution in [-0.2, 0) is 6.42 Å². The van der Waals surface area contributed by atoms with Gasteiger partial charge in [0.25, 0.3) is 0 Å². The molecule has 2 N–H and O–H groups in total. The van der Waals surface area contributed by atoms with Gasteiger partial charge in [0, 0.05) is 6.20 Å². The van der Waals surface area contributed by atoms with E-state index in [4.69, 9.17) is 4.98 Å². The summed E-state index contributed by atoms with van der Waals surface area (Å²) in [6.07, 6.45) is 4.31. The lowest BCUT2D eigenvalue weighted by Gasteiger charge is -2.15. The van der Waals surface area contributed by atoms with Crippen LogP contribution in [0.15, 0.2) is 66.9 Å². The zero-order valence-corrected chi connectivity index (χ0v) is 17.7. The number of fused-ring (bicyclic) bond motifs is 1. The lowest BCUT2D eigenvalue weighted by Crippen LogP contribution is -2.06. The summed E-state index contributed by atoms with van der Waals surface area (Å²) in [7, 11) is 0. The number of hydrogen-bond acceptors (Lipinski definition) is 3. The second kappa shape index (κ2) is 8.74. The van der Waals surface area contributed by atoms with Crippen molar-refractivity contribution in [1.29, 1.82) is 0 Å². The molecule has 0 amide bonds. The quantitative estimate of drug-likeness (QED) is 0.423. The number of aryl methyl sites for hydroxylation is 2.